The first-order chi connectivity index (χ1) is 7.52. The van der Waals surface area contributed by atoms with Crippen LogP contribution in [0.25, 0.3) is 0 Å². The van der Waals surface area contributed by atoms with Gasteiger partial charge in [0.1, 0.15) is 6.04 Å². The number of aliphatic hydroxyl groups is 1. The fraction of sp³-hybridized carbons (Fsp3) is 0.667. The van der Waals surface area contributed by atoms with Crippen molar-refractivity contribution in [3.8, 4) is 6.07 Å². The van der Waals surface area contributed by atoms with E-state index in [4.69, 9.17) is 15.5 Å². The van der Waals surface area contributed by atoms with E-state index in [1.54, 1.807) is 0 Å². The van der Waals surface area contributed by atoms with Crippen LogP contribution in [0.15, 0.2) is 0 Å². The summed E-state index contributed by atoms with van der Waals surface area (Å²) in [6.45, 7) is -0.0903. The summed E-state index contributed by atoms with van der Waals surface area (Å²) in [5.74, 6) is -1.20. The SMILES string of the molecule is CN(CCC#N)C(=O)N[C@@H](CCO)C(=O)O. The molecule has 90 valence electrons. The van der Waals surface area contributed by atoms with Crippen molar-refractivity contribution in [2.24, 2.45) is 0 Å². The van der Waals surface area contributed by atoms with E-state index in [2.05, 4.69) is 5.32 Å². The zero-order valence-corrected chi connectivity index (χ0v) is 9.01. The maximum atomic E-state index is 11.4. The smallest absolute Gasteiger partial charge is 0.326 e. The van der Waals surface area contributed by atoms with E-state index in [1.165, 1.54) is 11.9 Å². The number of nitrogens with zero attached hydrogens (tertiary/aromatic N) is 2. The van der Waals surface area contributed by atoms with Crippen molar-refractivity contribution in [1.29, 1.82) is 5.26 Å². The first-order valence-corrected chi connectivity index (χ1v) is 4.75. The summed E-state index contributed by atoms with van der Waals surface area (Å²) >= 11 is 0. The van der Waals surface area contributed by atoms with Crippen molar-refractivity contribution in [1.82, 2.24) is 10.2 Å². The minimum absolute atomic E-state index is 0.0484. The quantitative estimate of drug-likeness (QED) is 0.561. The van der Waals surface area contributed by atoms with Crippen LogP contribution in [0.2, 0.25) is 0 Å². The van der Waals surface area contributed by atoms with Crippen LogP contribution in [0.4, 0.5) is 4.79 Å². The molecule has 0 radical (unpaired) electrons. The normalized spacial score (nSPS) is 11.3. The molecule has 0 bridgehead atoms. The predicted molar refractivity (Wildman–Crippen MR) is 54.5 cm³/mol. The molecule has 0 aromatic rings. The maximum Gasteiger partial charge on any atom is 0.326 e. The van der Waals surface area contributed by atoms with Crippen molar-refractivity contribution in [2.75, 3.05) is 20.2 Å². The highest BCUT2D eigenvalue weighted by Crippen LogP contribution is 1.95. The molecular formula is C9H15N3O4. The lowest BCUT2D eigenvalue weighted by Gasteiger charge is -2.19. The average Bonchev–Trinajstić information content (AvgIpc) is 2.24. The Morgan fingerprint density at radius 2 is 2.19 bits per heavy atom. The van der Waals surface area contributed by atoms with Gasteiger partial charge >= 0.3 is 12.0 Å². The standard InChI is InChI=1S/C9H15N3O4/c1-12(5-2-4-10)9(16)11-7(3-6-13)8(14)15/h7,13H,2-3,5-6H2,1H3,(H,11,16)(H,14,15)/t7-/m0/s1. The van der Waals surface area contributed by atoms with Gasteiger partial charge in [0.15, 0.2) is 0 Å². The molecular weight excluding hydrogens is 214 g/mol. The zero-order valence-electron chi connectivity index (χ0n) is 9.01. The molecule has 0 saturated carbocycles. The number of hydrogen-bond acceptors (Lipinski definition) is 4. The summed E-state index contributed by atoms with van der Waals surface area (Å²) in [5.41, 5.74) is 0. The van der Waals surface area contributed by atoms with Crippen molar-refractivity contribution >= 4 is 12.0 Å². The Kier molecular flexibility index (Phi) is 6.63. The molecule has 2 amide bonds. The number of amides is 2. The number of nitrogens with one attached hydrogen (secondary N) is 1. The third kappa shape index (κ3) is 5.17. The second-order valence-corrected chi connectivity index (χ2v) is 3.18. The highest BCUT2D eigenvalue weighted by molar-refractivity contribution is 5.82. The lowest BCUT2D eigenvalue weighted by atomic mass is 10.2. The van der Waals surface area contributed by atoms with Gasteiger partial charge in [0.25, 0.3) is 0 Å². The van der Waals surface area contributed by atoms with E-state index >= 15 is 0 Å². The third-order valence-electron chi connectivity index (χ3n) is 1.92. The molecule has 0 aromatic carbocycles. The van der Waals surface area contributed by atoms with Crippen molar-refractivity contribution < 1.29 is 19.8 Å². The highest BCUT2D eigenvalue weighted by Gasteiger charge is 2.20. The van der Waals surface area contributed by atoms with E-state index in [0.717, 1.165) is 0 Å². The van der Waals surface area contributed by atoms with Gasteiger partial charge in [-0.1, -0.05) is 0 Å². The minimum atomic E-state index is -1.20. The number of urea groups is 1. The van der Waals surface area contributed by atoms with Crippen LogP contribution in [0.3, 0.4) is 0 Å². The second-order valence-electron chi connectivity index (χ2n) is 3.18. The van der Waals surface area contributed by atoms with Gasteiger partial charge in [0.2, 0.25) is 0 Å². The van der Waals surface area contributed by atoms with Crippen molar-refractivity contribution in [3.05, 3.63) is 0 Å². The number of rotatable bonds is 6. The molecule has 0 saturated heterocycles. The molecule has 0 heterocycles. The Balaban J connectivity index is 4.18. The van der Waals surface area contributed by atoms with Crippen LogP contribution in [0.1, 0.15) is 12.8 Å². The van der Waals surface area contributed by atoms with Crippen LogP contribution in [-0.2, 0) is 4.79 Å². The predicted octanol–water partition coefficient (Wildman–Crippen LogP) is -0.623. The number of carboxylic acids is 1. The Morgan fingerprint density at radius 1 is 1.56 bits per heavy atom. The summed E-state index contributed by atoms with van der Waals surface area (Å²) in [7, 11) is 1.46. The lowest BCUT2D eigenvalue weighted by molar-refractivity contribution is -0.139. The number of hydrogen-bond donors (Lipinski definition) is 3. The number of carboxylic acid groups (broad SMARTS) is 1. The number of carbonyl (C=O) groups is 2. The topological polar surface area (TPSA) is 114 Å². The maximum absolute atomic E-state index is 11.4. The molecule has 7 nitrogen and oxygen atoms in total. The van der Waals surface area contributed by atoms with Gasteiger partial charge in [-0.25, -0.2) is 9.59 Å². The van der Waals surface area contributed by atoms with Crippen molar-refractivity contribution in [3.63, 3.8) is 0 Å². The molecule has 0 rings (SSSR count). The van der Waals surface area contributed by atoms with Gasteiger partial charge in [-0.15, -0.1) is 0 Å². The van der Waals surface area contributed by atoms with Crippen LogP contribution >= 0.6 is 0 Å². The van der Waals surface area contributed by atoms with Gasteiger partial charge in [0.05, 0.1) is 12.5 Å². The van der Waals surface area contributed by atoms with Crippen LogP contribution in [0, 0.1) is 11.3 Å². The molecule has 0 unspecified atom stereocenters. The summed E-state index contributed by atoms with van der Waals surface area (Å²) in [5, 5.41) is 27.9. The van der Waals surface area contributed by atoms with Gasteiger partial charge in [-0.05, 0) is 0 Å². The van der Waals surface area contributed by atoms with E-state index in [1.807, 2.05) is 6.07 Å². The Hall–Kier alpha value is -1.81. The van der Waals surface area contributed by atoms with Crippen molar-refractivity contribution in [2.45, 2.75) is 18.9 Å². The third-order valence-corrected chi connectivity index (χ3v) is 1.92. The highest BCUT2D eigenvalue weighted by atomic mass is 16.4. The fourth-order valence-corrected chi connectivity index (χ4v) is 0.965. The van der Waals surface area contributed by atoms with Crippen LogP contribution in [-0.4, -0.2) is 53.4 Å². The summed E-state index contributed by atoms with van der Waals surface area (Å²) in [4.78, 5) is 23.3. The Bertz CT molecular complexity index is 287. The van der Waals surface area contributed by atoms with E-state index in [0.29, 0.717) is 0 Å². The van der Waals surface area contributed by atoms with Gasteiger partial charge in [0, 0.05) is 26.6 Å². The lowest BCUT2D eigenvalue weighted by Crippen LogP contribution is -2.47. The first kappa shape index (κ1) is 14.2. The molecule has 0 spiro atoms. The Morgan fingerprint density at radius 3 is 2.62 bits per heavy atom. The minimum Gasteiger partial charge on any atom is -0.480 e. The molecule has 16 heavy (non-hydrogen) atoms. The first-order valence-electron chi connectivity index (χ1n) is 4.75. The molecule has 0 aliphatic rings. The largest absolute Gasteiger partial charge is 0.480 e. The summed E-state index contributed by atoms with van der Waals surface area (Å²) in [6, 6.07) is 0.194. The molecule has 3 N–H and O–H groups in total. The molecule has 0 aliphatic heterocycles. The average molecular weight is 229 g/mol. The zero-order chi connectivity index (χ0) is 12.6. The van der Waals surface area contributed by atoms with E-state index < -0.39 is 18.0 Å². The van der Waals surface area contributed by atoms with Gasteiger partial charge in [-0.2, -0.15) is 5.26 Å². The molecule has 0 fully saturated rings. The number of carbonyl (C=O) groups excluding carboxylic acids is 1. The van der Waals surface area contributed by atoms with Crippen LogP contribution < -0.4 is 5.32 Å². The number of aliphatic hydroxyl groups excluding tert-OH is 1. The monoisotopic (exact) mass is 229 g/mol. The van der Waals surface area contributed by atoms with Gasteiger partial charge < -0.3 is 20.4 Å². The van der Waals surface area contributed by atoms with E-state index in [-0.39, 0.29) is 26.0 Å². The van der Waals surface area contributed by atoms with Gasteiger partial charge in [-0.3, -0.25) is 0 Å². The second kappa shape index (κ2) is 7.48. The molecule has 0 aliphatic carbocycles. The Labute approximate surface area is 93.3 Å². The summed E-state index contributed by atoms with van der Waals surface area (Å²) < 4.78 is 0. The fourth-order valence-electron chi connectivity index (χ4n) is 0.965. The van der Waals surface area contributed by atoms with Crippen LogP contribution in [0.5, 0.6) is 0 Å². The van der Waals surface area contributed by atoms with E-state index in [9.17, 15) is 9.59 Å². The molecule has 0 aromatic heterocycles. The molecule has 7 heteroatoms. The molecule has 1 atom stereocenters. The number of nitriles is 1. The number of aliphatic carboxylic acids is 1. The summed E-state index contributed by atoms with van der Waals surface area (Å²) in [6.07, 6.45) is 0.134.